The van der Waals surface area contributed by atoms with Crippen molar-refractivity contribution in [2.45, 2.75) is 49.6 Å². The largest absolute Gasteiger partial charge is 0.383 e. The molecule has 2 rings (SSSR count). The monoisotopic (exact) mass is 340 g/mol. The summed E-state index contributed by atoms with van der Waals surface area (Å²) in [5, 5.41) is 2.98. The minimum Gasteiger partial charge on any atom is -0.383 e. The first-order chi connectivity index (χ1) is 10.9. The maximum atomic E-state index is 12.2. The Bertz CT molecular complexity index is 622. The van der Waals surface area contributed by atoms with Crippen LogP contribution in [0.4, 0.5) is 0 Å². The van der Waals surface area contributed by atoms with Crippen molar-refractivity contribution in [3.05, 3.63) is 29.8 Å². The number of hydrogen-bond donors (Lipinski definition) is 2. The molecule has 0 bridgehead atoms. The fraction of sp³-hybridized carbons (Fsp3) is 0.562. The Morgan fingerprint density at radius 3 is 2.43 bits per heavy atom. The predicted molar refractivity (Wildman–Crippen MR) is 87.8 cm³/mol. The van der Waals surface area contributed by atoms with Gasteiger partial charge in [0.05, 0.1) is 11.5 Å². The second-order valence-corrected chi connectivity index (χ2v) is 7.67. The highest BCUT2D eigenvalue weighted by atomic mass is 32.2. The minimum atomic E-state index is -3.61. The first-order valence-corrected chi connectivity index (χ1v) is 9.33. The lowest BCUT2D eigenvalue weighted by atomic mass is 10.2. The number of carbonyl (C=O) groups excluding carboxylic acids is 1. The molecule has 1 saturated carbocycles. The van der Waals surface area contributed by atoms with Gasteiger partial charge in [-0.3, -0.25) is 4.79 Å². The van der Waals surface area contributed by atoms with E-state index in [1.807, 2.05) is 0 Å². The van der Waals surface area contributed by atoms with Gasteiger partial charge in [-0.1, -0.05) is 12.8 Å². The lowest BCUT2D eigenvalue weighted by Gasteiger charge is -2.14. The van der Waals surface area contributed by atoms with Gasteiger partial charge in [-0.15, -0.1) is 0 Å². The number of ether oxygens (including phenoxy) is 1. The molecule has 1 aliphatic rings. The molecule has 1 atom stereocenters. The third-order valence-electron chi connectivity index (χ3n) is 3.89. The zero-order valence-corrected chi connectivity index (χ0v) is 14.4. The summed E-state index contributed by atoms with van der Waals surface area (Å²) >= 11 is 0. The first-order valence-electron chi connectivity index (χ1n) is 7.84. The minimum absolute atomic E-state index is 0.137. The second-order valence-electron chi connectivity index (χ2n) is 5.96. The van der Waals surface area contributed by atoms with Crippen LogP contribution in [0.15, 0.2) is 29.2 Å². The van der Waals surface area contributed by atoms with E-state index in [1.54, 1.807) is 19.1 Å². The molecular weight excluding hydrogens is 316 g/mol. The Hall–Kier alpha value is -1.44. The van der Waals surface area contributed by atoms with Crippen molar-refractivity contribution in [2.24, 2.45) is 0 Å². The molecule has 128 valence electrons. The third kappa shape index (κ3) is 5.02. The number of nitrogens with one attached hydrogen (secondary N) is 2. The van der Waals surface area contributed by atoms with Crippen LogP contribution in [-0.4, -0.2) is 40.1 Å². The van der Waals surface area contributed by atoms with E-state index in [4.69, 9.17) is 4.74 Å². The molecule has 1 aromatic rings. The van der Waals surface area contributed by atoms with Crippen LogP contribution in [0.5, 0.6) is 0 Å². The maximum Gasteiger partial charge on any atom is 0.251 e. The molecule has 0 aromatic heterocycles. The number of benzene rings is 1. The molecule has 1 aromatic carbocycles. The zero-order valence-electron chi connectivity index (χ0n) is 13.5. The summed E-state index contributed by atoms with van der Waals surface area (Å²) in [6, 6.07) is 5.90. The smallest absolute Gasteiger partial charge is 0.251 e. The Labute approximate surface area is 137 Å². The van der Waals surface area contributed by atoms with Crippen LogP contribution in [0, 0.1) is 0 Å². The number of carbonyl (C=O) groups is 1. The van der Waals surface area contributed by atoms with E-state index in [9.17, 15) is 13.2 Å². The van der Waals surface area contributed by atoms with E-state index >= 15 is 0 Å². The Morgan fingerprint density at radius 2 is 1.87 bits per heavy atom. The van der Waals surface area contributed by atoms with Crippen molar-refractivity contribution >= 4 is 15.9 Å². The molecule has 23 heavy (non-hydrogen) atoms. The zero-order chi connectivity index (χ0) is 16.9. The van der Waals surface area contributed by atoms with Crippen LogP contribution in [0.1, 0.15) is 43.0 Å². The summed E-state index contributed by atoms with van der Waals surface area (Å²) in [5.74, 6) is -0.151. The highest BCUT2D eigenvalue weighted by Gasteiger charge is 2.20. The molecular formula is C16H24N2O4S. The predicted octanol–water partition coefficient (Wildman–Crippen LogP) is 1.67. The van der Waals surface area contributed by atoms with Gasteiger partial charge in [-0.2, -0.15) is 0 Å². The van der Waals surface area contributed by atoms with Crippen LogP contribution in [0.3, 0.4) is 0 Å². The summed E-state index contributed by atoms with van der Waals surface area (Å²) in [4.78, 5) is 12.3. The standard InChI is InChI=1S/C16H24N2O4S/c1-12(11-22-2)18-23(20,21)15-9-7-13(8-10-15)16(19)17-14-5-3-4-6-14/h7-10,12,14,18H,3-6,11H2,1-2H3,(H,17,19). The summed E-state index contributed by atoms with van der Waals surface area (Å²) in [7, 11) is -2.09. The summed E-state index contributed by atoms with van der Waals surface area (Å²) in [6.45, 7) is 2.02. The molecule has 0 aliphatic heterocycles. The number of sulfonamides is 1. The van der Waals surface area contributed by atoms with Crippen molar-refractivity contribution in [3.8, 4) is 0 Å². The van der Waals surface area contributed by atoms with E-state index in [-0.39, 0.29) is 22.9 Å². The molecule has 2 N–H and O–H groups in total. The van der Waals surface area contributed by atoms with Gasteiger partial charge in [-0.05, 0) is 44.0 Å². The lowest BCUT2D eigenvalue weighted by molar-refractivity contribution is 0.0938. The molecule has 0 spiro atoms. The number of rotatable bonds is 7. The highest BCUT2D eigenvalue weighted by molar-refractivity contribution is 7.89. The highest BCUT2D eigenvalue weighted by Crippen LogP contribution is 2.18. The molecule has 6 nitrogen and oxygen atoms in total. The normalized spacial score (nSPS) is 17.1. The number of methoxy groups -OCH3 is 1. The van der Waals surface area contributed by atoms with Crippen LogP contribution in [0.2, 0.25) is 0 Å². The number of amides is 1. The Morgan fingerprint density at radius 1 is 1.26 bits per heavy atom. The van der Waals surface area contributed by atoms with Crippen molar-refractivity contribution < 1.29 is 17.9 Å². The van der Waals surface area contributed by atoms with Gasteiger partial charge in [0, 0.05) is 24.8 Å². The summed E-state index contributed by atoms with van der Waals surface area (Å²) in [6.07, 6.45) is 4.32. The third-order valence-corrected chi connectivity index (χ3v) is 5.50. The molecule has 1 unspecified atom stereocenters. The maximum absolute atomic E-state index is 12.2. The summed E-state index contributed by atoms with van der Waals surface area (Å²) < 4.78 is 31.9. The van der Waals surface area contributed by atoms with Crippen LogP contribution in [0.25, 0.3) is 0 Å². The van der Waals surface area contributed by atoms with E-state index in [0.717, 1.165) is 25.7 Å². The van der Waals surface area contributed by atoms with Crippen molar-refractivity contribution in [2.75, 3.05) is 13.7 Å². The Kier molecular flexibility index (Phi) is 6.15. The van der Waals surface area contributed by atoms with E-state index in [0.29, 0.717) is 12.2 Å². The first kappa shape index (κ1) is 17.9. The van der Waals surface area contributed by atoms with Crippen molar-refractivity contribution in [1.29, 1.82) is 0 Å². The van der Waals surface area contributed by atoms with E-state index in [2.05, 4.69) is 10.0 Å². The fourth-order valence-corrected chi connectivity index (χ4v) is 3.97. The average molecular weight is 340 g/mol. The van der Waals surface area contributed by atoms with Gasteiger partial charge in [0.25, 0.3) is 5.91 Å². The quantitative estimate of drug-likeness (QED) is 0.791. The van der Waals surface area contributed by atoms with Crippen LogP contribution >= 0.6 is 0 Å². The van der Waals surface area contributed by atoms with Gasteiger partial charge in [0.1, 0.15) is 0 Å². The molecule has 1 fully saturated rings. The summed E-state index contributed by atoms with van der Waals surface area (Å²) in [5.41, 5.74) is 0.473. The van der Waals surface area contributed by atoms with Crippen molar-refractivity contribution in [1.82, 2.24) is 10.0 Å². The molecule has 7 heteroatoms. The lowest BCUT2D eigenvalue weighted by Crippen LogP contribution is -2.35. The molecule has 0 saturated heterocycles. The molecule has 1 aliphatic carbocycles. The SMILES string of the molecule is COCC(C)NS(=O)(=O)c1ccc(C(=O)NC2CCCC2)cc1. The number of hydrogen-bond acceptors (Lipinski definition) is 4. The van der Waals surface area contributed by atoms with Gasteiger partial charge in [-0.25, -0.2) is 13.1 Å². The Balaban J connectivity index is 2.01. The van der Waals surface area contributed by atoms with Crippen LogP contribution < -0.4 is 10.0 Å². The molecule has 0 radical (unpaired) electrons. The fourth-order valence-electron chi connectivity index (χ4n) is 2.74. The second kappa shape index (κ2) is 7.90. The van der Waals surface area contributed by atoms with Gasteiger partial charge < -0.3 is 10.1 Å². The van der Waals surface area contributed by atoms with Gasteiger partial charge in [0.15, 0.2) is 0 Å². The molecule has 0 heterocycles. The average Bonchev–Trinajstić information content (AvgIpc) is 3.00. The van der Waals surface area contributed by atoms with Crippen LogP contribution in [-0.2, 0) is 14.8 Å². The van der Waals surface area contributed by atoms with Gasteiger partial charge in [0.2, 0.25) is 10.0 Å². The van der Waals surface area contributed by atoms with Crippen molar-refractivity contribution in [3.63, 3.8) is 0 Å². The van der Waals surface area contributed by atoms with E-state index in [1.165, 1.54) is 19.2 Å². The molecule has 1 amide bonds. The van der Waals surface area contributed by atoms with Gasteiger partial charge >= 0.3 is 0 Å². The topological polar surface area (TPSA) is 84.5 Å². The van der Waals surface area contributed by atoms with E-state index < -0.39 is 10.0 Å².